The molecule has 1 aliphatic rings. The van der Waals surface area contributed by atoms with Gasteiger partial charge in [0.1, 0.15) is 0 Å². The Bertz CT molecular complexity index is 254. The molecule has 112 valence electrons. The van der Waals surface area contributed by atoms with E-state index < -0.39 is 0 Å². The molecule has 1 N–H and O–H groups in total. The maximum atomic E-state index is 11.8. The number of nitrogens with one attached hydrogen (secondary N) is 1. The summed E-state index contributed by atoms with van der Waals surface area (Å²) in [5.74, 6) is 0.219. The summed E-state index contributed by atoms with van der Waals surface area (Å²) in [5, 5.41) is 3.27. The van der Waals surface area contributed by atoms with Crippen molar-refractivity contribution in [3.05, 3.63) is 0 Å². The van der Waals surface area contributed by atoms with Crippen molar-refractivity contribution in [2.75, 3.05) is 39.3 Å². The Morgan fingerprint density at radius 3 is 2.68 bits per heavy atom. The van der Waals surface area contributed by atoms with E-state index in [1.165, 1.54) is 25.8 Å². The molecule has 0 radical (unpaired) electrons. The summed E-state index contributed by atoms with van der Waals surface area (Å²) in [6.07, 6.45) is 5.20. The summed E-state index contributed by atoms with van der Waals surface area (Å²) in [7, 11) is 0. The van der Waals surface area contributed by atoms with Gasteiger partial charge in [-0.1, -0.05) is 6.42 Å². The Labute approximate surface area is 118 Å². The molecule has 19 heavy (non-hydrogen) atoms. The van der Waals surface area contributed by atoms with Crippen molar-refractivity contribution >= 4 is 5.91 Å². The van der Waals surface area contributed by atoms with Gasteiger partial charge in [0.05, 0.1) is 6.54 Å². The fourth-order valence-corrected chi connectivity index (χ4v) is 2.78. The maximum Gasteiger partial charge on any atom is 0.236 e. The third-order valence-corrected chi connectivity index (χ3v) is 4.13. The van der Waals surface area contributed by atoms with Gasteiger partial charge in [-0.05, 0) is 59.7 Å². The molecule has 1 aliphatic heterocycles. The van der Waals surface area contributed by atoms with Crippen LogP contribution < -0.4 is 5.32 Å². The molecule has 1 heterocycles. The highest BCUT2D eigenvalue weighted by Gasteiger charge is 2.17. The number of carbonyl (C=O) groups is 1. The SMILES string of the molecule is CCN(CC)C(=O)CNCCCN1CCCCC1C. The number of nitrogens with zero attached hydrogens (tertiary/aromatic N) is 2. The number of hydrogen-bond acceptors (Lipinski definition) is 3. The van der Waals surface area contributed by atoms with Gasteiger partial charge in [0.15, 0.2) is 0 Å². The van der Waals surface area contributed by atoms with Crippen LogP contribution in [0.15, 0.2) is 0 Å². The van der Waals surface area contributed by atoms with E-state index in [0.29, 0.717) is 6.54 Å². The second-order valence-corrected chi connectivity index (χ2v) is 5.48. The Morgan fingerprint density at radius 2 is 2.05 bits per heavy atom. The lowest BCUT2D eigenvalue weighted by Crippen LogP contribution is -2.40. The van der Waals surface area contributed by atoms with Crippen LogP contribution in [0.3, 0.4) is 0 Å². The number of hydrogen-bond donors (Lipinski definition) is 1. The van der Waals surface area contributed by atoms with Crippen LogP contribution in [0, 0.1) is 0 Å². The fourth-order valence-electron chi connectivity index (χ4n) is 2.78. The standard InChI is InChI=1S/C15H31N3O/c1-4-17(5-2)15(19)13-16-10-8-12-18-11-7-6-9-14(18)3/h14,16H,4-13H2,1-3H3. The minimum atomic E-state index is 0.219. The van der Waals surface area contributed by atoms with Crippen molar-refractivity contribution < 1.29 is 4.79 Å². The largest absolute Gasteiger partial charge is 0.342 e. The highest BCUT2D eigenvalue weighted by molar-refractivity contribution is 5.78. The number of likely N-dealkylation sites (tertiary alicyclic amines) is 1. The van der Waals surface area contributed by atoms with E-state index in [2.05, 4.69) is 17.1 Å². The minimum absolute atomic E-state index is 0.219. The summed E-state index contributed by atoms with van der Waals surface area (Å²) < 4.78 is 0. The molecule has 1 amide bonds. The summed E-state index contributed by atoms with van der Waals surface area (Å²) in [5.41, 5.74) is 0. The third-order valence-electron chi connectivity index (χ3n) is 4.13. The molecule has 0 spiro atoms. The minimum Gasteiger partial charge on any atom is -0.342 e. The quantitative estimate of drug-likeness (QED) is 0.681. The van der Waals surface area contributed by atoms with Gasteiger partial charge in [-0.25, -0.2) is 0 Å². The zero-order valence-corrected chi connectivity index (χ0v) is 13.0. The fraction of sp³-hybridized carbons (Fsp3) is 0.933. The van der Waals surface area contributed by atoms with E-state index in [9.17, 15) is 4.79 Å². The monoisotopic (exact) mass is 269 g/mol. The molecule has 0 aromatic carbocycles. The predicted octanol–water partition coefficient (Wildman–Crippen LogP) is 1.71. The van der Waals surface area contributed by atoms with Crippen molar-refractivity contribution in [2.24, 2.45) is 0 Å². The maximum absolute atomic E-state index is 11.8. The topological polar surface area (TPSA) is 35.6 Å². The summed E-state index contributed by atoms with van der Waals surface area (Å²) in [6, 6.07) is 0.742. The van der Waals surface area contributed by atoms with Crippen LogP contribution in [0.2, 0.25) is 0 Å². The predicted molar refractivity (Wildman–Crippen MR) is 80.3 cm³/mol. The number of piperidine rings is 1. The Hall–Kier alpha value is -0.610. The molecular formula is C15H31N3O. The van der Waals surface area contributed by atoms with Gasteiger partial charge in [-0.15, -0.1) is 0 Å². The van der Waals surface area contributed by atoms with Crippen LogP contribution in [0.25, 0.3) is 0 Å². The molecule has 0 aliphatic carbocycles. The van der Waals surface area contributed by atoms with Crippen LogP contribution >= 0.6 is 0 Å². The average molecular weight is 269 g/mol. The van der Waals surface area contributed by atoms with Crippen molar-refractivity contribution in [1.29, 1.82) is 0 Å². The molecule has 4 nitrogen and oxygen atoms in total. The number of carbonyl (C=O) groups excluding carboxylic acids is 1. The first-order valence-electron chi connectivity index (χ1n) is 7.91. The van der Waals surface area contributed by atoms with Gasteiger partial charge in [-0.3, -0.25) is 4.79 Å². The third kappa shape index (κ3) is 5.91. The Kier molecular flexibility index (Phi) is 8.07. The molecular weight excluding hydrogens is 238 g/mol. The van der Waals surface area contributed by atoms with E-state index in [1.54, 1.807) is 0 Å². The van der Waals surface area contributed by atoms with E-state index in [-0.39, 0.29) is 5.91 Å². The van der Waals surface area contributed by atoms with Crippen molar-refractivity contribution in [1.82, 2.24) is 15.1 Å². The second-order valence-electron chi connectivity index (χ2n) is 5.48. The van der Waals surface area contributed by atoms with Gasteiger partial charge in [0.2, 0.25) is 5.91 Å². The zero-order chi connectivity index (χ0) is 14.1. The first-order chi connectivity index (χ1) is 9.19. The molecule has 0 bridgehead atoms. The second kappa shape index (κ2) is 9.32. The summed E-state index contributed by atoms with van der Waals surface area (Å²) >= 11 is 0. The number of likely N-dealkylation sites (N-methyl/N-ethyl adjacent to an activating group) is 1. The van der Waals surface area contributed by atoms with Gasteiger partial charge in [0.25, 0.3) is 0 Å². The van der Waals surface area contributed by atoms with Gasteiger partial charge in [-0.2, -0.15) is 0 Å². The Morgan fingerprint density at radius 1 is 1.32 bits per heavy atom. The molecule has 1 fully saturated rings. The summed E-state index contributed by atoms with van der Waals surface area (Å²) in [6.45, 7) is 11.8. The molecule has 4 heteroatoms. The lowest BCUT2D eigenvalue weighted by molar-refractivity contribution is -0.129. The van der Waals surface area contributed by atoms with Gasteiger partial charge < -0.3 is 15.1 Å². The van der Waals surface area contributed by atoms with Crippen LogP contribution in [0.4, 0.5) is 0 Å². The van der Waals surface area contributed by atoms with Crippen LogP contribution in [0.1, 0.15) is 46.5 Å². The number of rotatable bonds is 8. The first-order valence-corrected chi connectivity index (χ1v) is 7.91. The van der Waals surface area contributed by atoms with E-state index in [0.717, 1.165) is 38.6 Å². The summed E-state index contributed by atoms with van der Waals surface area (Å²) in [4.78, 5) is 16.2. The first kappa shape index (κ1) is 16.4. The highest BCUT2D eigenvalue weighted by atomic mass is 16.2. The van der Waals surface area contributed by atoms with Crippen molar-refractivity contribution in [3.63, 3.8) is 0 Å². The molecule has 0 saturated carbocycles. The van der Waals surface area contributed by atoms with Crippen molar-refractivity contribution in [2.45, 2.75) is 52.5 Å². The van der Waals surface area contributed by atoms with Gasteiger partial charge in [0, 0.05) is 19.1 Å². The van der Waals surface area contributed by atoms with E-state index in [1.807, 2.05) is 18.7 Å². The van der Waals surface area contributed by atoms with Crippen LogP contribution in [0.5, 0.6) is 0 Å². The normalized spacial score (nSPS) is 20.5. The van der Waals surface area contributed by atoms with E-state index >= 15 is 0 Å². The Balaban J connectivity index is 2.06. The molecule has 1 saturated heterocycles. The highest BCUT2D eigenvalue weighted by Crippen LogP contribution is 2.15. The lowest BCUT2D eigenvalue weighted by atomic mass is 10.0. The van der Waals surface area contributed by atoms with Gasteiger partial charge >= 0.3 is 0 Å². The molecule has 1 rings (SSSR count). The lowest BCUT2D eigenvalue weighted by Gasteiger charge is -2.33. The zero-order valence-electron chi connectivity index (χ0n) is 13.0. The van der Waals surface area contributed by atoms with Crippen LogP contribution in [-0.4, -0.2) is 61.0 Å². The van der Waals surface area contributed by atoms with Crippen molar-refractivity contribution in [3.8, 4) is 0 Å². The molecule has 1 unspecified atom stereocenters. The molecule has 1 atom stereocenters. The molecule has 0 aromatic rings. The van der Waals surface area contributed by atoms with Crippen LogP contribution in [-0.2, 0) is 4.79 Å². The van der Waals surface area contributed by atoms with E-state index in [4.69, 9.17) is 0 Å². The number of amides is 1. The molecule has 0 aromatic heterocycles. The smallest absolute Gasteiger partial charge is 0.236 e. The average Bonchev–Trinajstić information content (AvgIpc) is 2.42.